The number of allylic oxidation sites excluding steroid dienone is 1. The fraction of sp³-hybridized carbons (Fsp3) is 0.133. The minimum atomic E-state index is -0.253. The van der Waals surface area contributed by atoms with Gasteiger partial charge in [-0.05, 0) is 12.5 Å². The molecule has 1 aromatic heterocycles. The van der Waals surface area contributed by atoms with Crippen molar-refractivity contribution in [3.63, 3.8) is 0 Å². The fourth-order valence-electron chi connectivity index (χ4n) is 1.69. The largest absolute Gasteiger partial charge is 0.355 e. The van der Waals surface area contributed by atoms with Gasteiger partial charge in [0.1, 0.15) is 10.7 Å². The number of hydrogen-bond acceptors (Lipinski definition) is 4. The van der Waals surface area contributed by atoms with Gasteiger partial charge in [-0.25, -0.2) is 4.98 Å². The van der Waals surface area contributed by atoms with E-state index in [-0.39, 0.29) is 5.91 Å². The number of benzene rings is 1. The van der Waals surface area contributed by atoms with E-state index < -0.39 is 0 Å². The zero-order valence-electron chi connectivity index (χ0n) is 11.6. The summed E-state index contributed by atoms with van der Waals surface area (Å²) in [5, 5.41) is 7.72. The molecule has 0 fully saturated rings. The molecule has 2 aromatic rings. The summed E-state index contributed by atoms with van der Waals surface area (Å²) >= 11 is 1.41. The topological polar surface area (TPSA) is 71.1 Å². The van der Waals surface area contributed by atoms with Crippen molar-refractivity contribution in [2.24, 2.45) is 0 Å². The zero-order valence-corrected chi connectivity index (χ0v) is 12.4. The molecule has 0 saturated heterocycles. The van der Waals surface area contributed by atoms with Crippen molar-refractivity contribution in [2.45, 2.75) is 13.5 Å². The minimum Gasteiger partial charge on any atom is -0.355 e. The Labute approximate surface area is 126 Å². The molecule has 0 aliphatic rings. The predicted molar refractivity (Wildman–Crippen MR) is 82.7 cm³/mol. The van der Waals surface area contributed by atoms with Gasteiger partial charge in [-0.3, -0.25) is 9.59 Å². The molecule has 0 unspecified atom stereocenters. The summed E-state index contributed by atoms with van der Waals surface area (Å²) in [4.78, 5) is 26.4. The van der Waals surface area contributed by atoms with Gasteiger partial charge in [0.05, 0.1) is 0 Å². The second kappa shape index (κ2) is 6.81. The van der Waals surface area contributed by atoms with E-state index in [4.69, 9.17) is 0 Å². The van der Waals surface area contributed by atoms with Crippen LogP contribution in [0.4, 0.5) is 0 Å². The molecule has 0 spiro atoms. The van der Waals surface area contributed by atoms with Crippen LogP contribution in [0.15, 0.2) is 41.9 Å². The Balaban J connectivity index is 2.12. The highest BCUT2D eigenvalue weighted by Gasteiger charge is 2.11. The third kappa shape index (κ3) is 4.00. The maximum absolute atomic E-state index is 11.8. The Kier molecular flexibility index (Phi) is 4.84. The van der Waals surface area contributed by atoms with E-state index in [0.717, 1.165) is 16.1 Å². The molecule has 6 heteroatoms. The normalized spacial score (nSPS) is 9.95. The van der Waals surface area contributed by atoms with E-state index in [9.17, 15) is 9.59 Å². The first-order valence-electron chi connectivity index (χ1n) is 6.29. The van der Waals surface area contributed by atoms with Crippen LogP contribution in [0.2, 0.25) is 0 Å². The van der Waals surface area contributed by atoms with Crippen LogP contribution in [0.25, 0.3) is 10.6 Å². The van der Waals surface area contributed by atoms with Crippen LogP contribution in [0.3, 0.4) is 0 Å². The van der Waals surface area contributed by atoms with Crippen molar-refractivity contribution < 1.29 is 9.59 Å². The van der Waals surface area contributed by atoms with Gasteiger partial charge in [-0.1, -0.05) is 30.8 Å². The summed E-state index contributed by atoms with van der Waals surface area (Å²) in [6, 6.07) is 7.67. The predicted octanol–water partition coefficient (Wildman–Crippen LogP) is 2.32. The third-order valence-corrected chi connectivity index (χ3v) is 3.55. The lowest BCUT2D eigenvalue weighted by atomic mass is 10.1. The lowest BCUT2D eigenvalue weighted by Gasteiger charge is -2.02. The lowest BCUT2D eigenvalue weighted by Crippen LogP contribution is -2.20. The molecule has 2 N–H and O–H groups in total. The van der Waals surface area contributed by atoms with Gasteiger partial charge >= 0.3 is 0 Å². The Hall–Kier alpha value is -2.47. The van der Waals surface area contributed by atoms with E-state index in [0.29, 0.717) is 24.3 Å². The molecule has 21 heavy (non-hydrogen) atoms. The molecule has 0 radical (unpaired) electrons. The van der Waals surface area contributed by atoms with Crippen LogP contribution in [0.1, 0.15) is 23.0 Å². The molecule has 0 saturated carbocycles. The van der Waals surface area contributed by atoms with Crippen LogP contribution in [-0.4, -0.2) is 17.3 Å². The average Bonchev–Trinajstić information content (AvgIpc) is 2.95. The molecular formula is C15H15N3O2S. The van der Waals surface area contributed by atoms with Gasteiger partial charge in [0.25, 0.3) is 5.91 Å². The van der Waals surface area contributed by atoms with Crippen LogP contribution in [-0.2, 0) is 11.3 Å². The molecule has 2 amide bonds. The minimum absolute atomic E-state index is 0.253. The zero-order chi connectivity index (χ0) is 15.2. The molecule has 0 aliphatic carbocycles. The van der Waals surface area contributed by atoms with Crippen molar-refractivity contribution in [1.82, 2.24) is 15.6 Å². The average molecular weight is 301 g/mol. The number of carbonyl (C=O) groups excluding carboxylic acids is 2. The number of hydrogen-bond donors (Lipinski definition) is 2. The second-order valence-electron chi connectivity index (χ2n) is 4.47. The maximum atomic E-state index is 11.8. The molecule has 5 nitrogen and oxygen atoms in total. The third-order valence-electron chi connectivity index (χ3n) is 2.65. The van der Waals surface area contributed by atoms with E-state index in [2.05, 4.69) is 22.2 Å². The van der Waals surface area contributed by atoms with Gasteiger partial charge in [0, 0.05) is 23.2 Å². The molecular weight excluding hydrogens is 286 g/mol. The van der Waals surface area contributed by atoms with Crippen LogP contribution < -0.4 is 10.6 Å². The SMILES string of the molecule is C=C(C)NC(=O)c1csc(-c2ccc(CNC=O)cc2)n1. The molecule has 108 valence electrons. The number of nitrogens with zero attached hydrogens (tertiary/aromatic N) is 1. The molecule has 0 aliphatic heterocycles. The number of thiazole rings is 1. The number of nitrogens with one attached hydrogen (secondary N) is 2. The first kappa shape index (κ1) is 14.9. The van der Waals surface area contributed by atoms with Crippen LogP contribution in [0, 0.1) is 0 Å². The standard InChI is InChI=1S/C15H15N3O2S/c1-10(2)17-14(20)13-8-21-15(18-13)12-5-3-11(4-6-12)7-16-9-19/h3-6,8-9H,1,7H2,2H3,(H,16,19)(H,17,20). The highest BCUT2D eigenvalue weighted by molar-refractivity contribution is 7.13. The summed E-state index contributed by atoms with van der Waals surface area (Å²) in [6.45, 7) is 5.85. The molecule has 1 aromatic carbocycles. The van der Waals surface area contributed by atoms with Gasteiger partial charge in [0.2, 0.25) is 6.41 Å². The van der Waals surface area contributed by atoms with Gasteiger partial charge in [0.15, 0.2) is 0 Å². The van der Waals surface area contributed by atoms with Crippen molar-refractivity contribution in [3.8, 4) is 10.6 Å². The summed E-state index contributed by atoms with van der Waals surface area (Å²) in [5.74, 6) is -0.253. The van der Waals surface area contributed by atoms with Crippen molar-refractivity contribution >= 4 is 23.7 Å². The lowest BCUT2D eigenvalue weighted by molar-refractivity contribution is -0.109. The van der Waals surface area contributed by atoms with E-state index in [1.165, 1.54) is 11.3 Å². The second-order valence-corrected chi connectivity index (χ2v) is 5.33. The van der Waals surface area contributed by atoms with Crippen LogP contribution in [0.5, 0.6) is 0 Å². The fourth-order valence-corrected chi connectivity index (χ4v) is 2.50. The molecule has 1 heterocycles. The summed E-state index contributed by atoms with van der Waals surface area (Å²) in [7, 11) is 0. The smallest absolute Gasteiger partial charge is 0.274 e. The molecule has 0 atom stereocenters. The van der Waals surface area contributed by atoms with Crippen molar-refractivity contribution in [3.05, 3.63) is 53.2 Å². The quantitative estimate of drug-likeness (QED) is 0.804. The summed E-state index contributed by atoms with van der Waals surface area (Å²) < 4.78 is 0. The van der Waals surface area contributed by atoms with Gasteiger partial charge in [-0.15, -0.1) is 11.3 Å². The number of amides is 2. The van der Waals surface area contributed by atoms with Gasteiger partial charge < -0.3 is 10.6 Å². The monoisotopic (exact) mass is 301 g/mol. The van der Waals surface area contributed by atoms with E-state index in [1.807, 2.05) is 24.3 Å². The van der Waals surface area contributed by atoms with E-state index in [1.54, 1.807) is 12.3 Å². The van der Waals surface area contributed by atoms with E-state index >= 15 is 0 Å². The van der Waals surface area contributed by atoms with Gasteiger partial charge in [-0.2, -0.15) is 0 Å². The maximum Gasteiger partial charge on any atom is 0.274 e. The highest BCUT2D eigenvalue weighted by atomic mass is 32.1. The first-order valence-corrected chi connectivity index (χ1v) is 7.17. The Bertz CT molecular complexity index is 662. The number of aromatic nitrogens is 1. The number of carbonyl (C=O) groups is 2. The Morgan fingerprint density at radius 1 is 1.38 bits per heavy atom. The Morgan fingerprint density at radius 2 is 2.10 bits per heavy atom. The molecule has 2 rings (SSSR count). The highest BCUT2D eigenvalue weighted by Crippen LogP contribution is 2.24. The first-order chi connectivity index (χ1) is 10.1. The Morgan fingerprint density at radius 3 is 2.71 bits per heavy atom. The molecule has 0 bridgehead atoms. The summed E-state index contributed by atoms with van der Waals surface area (Å²) in [5.41, 5.74) is 2.90. The van der Waals surface area contributed by atoms with Crippen molar-refractivity contribution in [2.75, 3.05) is 0 Å². The van der Waals surface area contributed by atoms with Crippen molar-refractivity contribution in [1.29, 1.82) is 0 Å². The summed E-state index contributed by atoms with van der Waals surface area (Å²) in [6.07, 6.45) is 0.668. The van der Waals surface area contributed by atoms with Crippen LogP contribution >= 0.6 is 11.3 Å². The number of rotatable bonds is 6.